The van der Waals surface area contributed by atoms with Crippen LogP contribution in [0.15, 0.2) is 71.2 Å². The molecule has 1 aliphatic carbocycles. The second-order valence-corrected chi connectivity index (χ2v) is 33.8. The number of aliphatic hydroxyl groups is 3. The van der Waals surface area contributed by atoms with Crippen molar-refractivity contribution in [3.8, 4) is 5.75 Å². The summed E-state index contributed by atoms with van der Waals surface area (Å²) in [7, 11) is 0.505. The van der Waals surface area contributed by atoms with Gasteiger partial charge in [0.2, 0.25) is 0 Å². The predicted octanol–water partition coefficient (Wildman–Crippen LogP) is 6.86. The second kappa shape index (κ2) is 20.1. The minimum atomic E-state index is -2.29. The minimum Gasteiger partial charge on any atom is -0.496 e. The number of hydrogen-bond donors (Lipinski definition) is 5. The molecule has 0 radical (unpaired) electrons. The summed E-state index contributed by atoms with van der Waals surface area (Å²) in [5.41, 5.74) is 7.79. The number of aliphatic hydroxyl groups excluding tert-OH is 1. The van der Waals surface area contributed by atoms with Crippen molar-refractivity contribution >= 4 is 56.9 Å². The number of carbonyl (C=O) groups excluding carboxylic acids is 2. The van der Waals surface area contributed by atoms with Crippen LogP contribution in [0, 0.1) is 5.41 Å². The van der Waals surface area contributed by atoms with E-state index in [-0.39, 0.29) is 25.2 Å². The number of nitrogens with one attached hydrogen (secondary N) is 2. The lowest BCUT2D eigenvalue weighted by Crippen LogP contribution is -2.81. The molecule has 2 aromatic carbocycles. The molecule has 0 bridgehead atoms. The van der Waals surface area contributed by atoms with Gasteiger partial charge in [0.05, 0.1) is 32.4 Å². The molecule has 9 atom stereocenters. The molecule has 5 aliphatic heterocycles. The highest BCUT2D eigenvalue weighted by molar-refractivity contribution is 8.00. The van der Waals surface area contributed by atoms with Gasteiger partial charge in [-0.1, -0.05) is 61.1 Å². The lowest BCUT2D eigenvalue weighted by Gasteiger charge is -2.63. The Morgan fingerprint density at radius 1 is 1.01 bits per heavy atom. The number of benzene rings is 2. The number of H-pyrrole nitrogens is 1. The molecule has 21 heteroatoms. The van der Waals surface area contributed by atoms with Crippen LogP contribution in [0.4, 0.5) is 5.69 Å². The Labute approximate surface area is 452 Å². The van der Waals surface area contributed by atoms with E-state index in [4.69, 9.17) is 19.1 Å². The summed E-state index contributed by atoms with van der Waals surface area (Å²) >= 11 is 1.55. The molecule has 7 heterocycles. The van der Waals surface area contributed by atoms with Crippen molar-refractivity contribution in [2.45, 2.75) is 149 Å². The van der Waals surface area contributed by atoms with Crippen molar-refractivity contribution in [3.05, 3.63) is 99.3 Å². The number of ether oxygens (including phenoxy) is 2. The molecule has 1 amide bonds. The van der Waals surface area contributed by atoms with Crippen molar-refractivity contribution in [1.82, 2.24) is 30.1 Å². The van der Waals surface area contributed by atoms with Gasteiger partial charge in [-0.25, -0.2) is 9.97 Å². The number of hydrogen-bond acceptors (Lipinski definition) is 15. The van der Waals surface area contributed by atoms with E-state index < -0.39 is 68.1 Å². The van der Waals surface area contributed by atoms with E-state index in [1.807, 2.05) is 50.1 Å². The molecule has 2 aromatic heterocycles. The van der Waals surface area contributed by atoms with Gasteiger partial charge >= 0.3 is 5.97 Å². The largest absolute Gasteiger partial charge is 0.496 e. The lowest BCUT2D eigenvalue weighted by molar-refractivity contribution is -0.203. The molecule has 10 rings (SSSR count). The maximum Gasteiger partial charge on any atom is 0.322 e. The highest BCUT2D eigenvalue weighted by Crippen LogP contribution is 2.67. The summed E-state index contributed by atoms with van der Waals surface area (Å²) in [6.45, 7) is 15.9. The summed E-state index contributed by atoms with van der Waals surface area (Å²) < 4.78 is 19.4. The zero-order chi connectivity index (χ0) is 54.2. The molecule has 1 spiro atoms. The zero-order valence-electron chi connectivity index (χ0n) is 45.6. The van der Waals surface area contributed by atoms with E-state index in [1.165, 1.54) is 7.11 Å². The van der Waals surface area contributed by atoms with E-state index in [2.05, 4.69) is 90.6 Å². The number of rotatable bonds is 17. The fourth-order valence-electron chi connectivity index (χ4n) is 15.3. The van der Waals surface area contributed by atoms with Gasteiger partial charge in [-0.3, -0.25) is 19.4 Å². The molecule has 408 valence electrons. The van der Waals surface area contributed by atoms with Gasteiger partial charge in [0.15, 0.2) is 27.4 Å². The summed E-state index contributed by atoms with van der Waals surface area (Å²) in [5.74, 6) is -0.595. The monoisotopic (exact) mass is 1090 g/mol. The van der Waals surface area contributed by atoms with Crippen LogP contribution in [0.3, 0.4) is 0 Å². The lowest BCUT2D eigenvalue weighted by atomic mass is 9.47. The van der Waals surface area contributed by atoms with Crippen LogP contribution in [-0.2, 0) is 42.2 Å². The standard InChI is InChI=1S/C55H76N10O8SSi2/c1-10-51(69)28-36-29-54(49(68)72-5,44-38(18-23-65(36)33-51)37-16-12-13-17-41(37)61-44)40-26-39-42(27-43(40)71-4)63(3)46-53(39)20-24-64-22-14-19-52(11-2,45(53)64)47(66)55(46,70)48(67)57-21-15-25-75(6,7)73-76(8,9)34-74-50-58-30-35(31-59-50)32-60-62-56/h12-14,16-17,19,26-27,30-31,36,45-47,61,66,69-70H,10-11,15,18,20-25,28-29,32-34H2,1-9H3,(H,57,67)/t36-,45-,46+,47+,51-,52+,53+,54-,55-/m0/s1. The van der Waals surface area contributed by atoms with Gasteiger partial charge in [-0.15, -0.1) is 0 Å². The maximum atomic E-state index is 15.5. The van der Waals surface area contributed by atoms with Gasteiger partial charge in [0.1, 0.15) is 17.3 Å². The maximum absolute atomic E-state index is 15.5. The molecule has 3 fully saturated rings. The number of azide groups is 1. The molecule has 0 unspecified atom stereocenters. The highest BCUT2D eigenvalue weighted by atomic mass is 32.2. The van der Waals surface area contributed by atoms with Crippen LogP contribution >= 0.6 is 11.8 Å². The first-order valence-corrected chi connectivity index (χ1v) is 34.3. The Kier molecular flexibility index (Phi) is 14.5. The number of aromatic nitrogens is 3. The Bertz CT molecular complexity index is 2980. The number of nitrogens with zero attached hydrogens (tertiary/aromatic N) is 8. The van der Waals surface area contributed by atoms with E-state index in [9.17, 15) is 15.3 Å². The van der Waals surface area contributed by atoms with Gasteiger partial charge in [-0.05, 0) is 118 Å². The number of thioether (sulfide) groups is 1. The van der Waals surface area contributed by atoms with Crippen LogP contribution in [0.2, 0.25) is 32.2 Å². The predicted molar refractivity (Wildman–Crippen MR) is 298 cm³/mol. The molecule has 2 saturated heterocycles. The van der Waals surface area contributed by atoms with Crippen molar-refractivity contribution in [2.24, 2.45) is 10.5 Å². The molecule has 6 aliphatic rings. The summed E-state index contributed by atoms with van der Waals surface area (Å²) in [6, 6.07) is 11.6. The van der Waals surface area contributed by atoms with Crippen LogP contribution < -0.4 is 15.0 Å². The number of esters is 1. The average Bonchev–Trinajstić information content (AvgIpc) is 4.34. The van der Waals surface area contributed by atoms with E-state index >= 15 is 9.59 Å². The van der Waals surface area contributed by atoms with Crippen molar-refractivity contribution in [3.63, 3.8) is 0 Å². The number of likely N-dealkylation sites (N-methyl/N-ethyl adjacent to an activating group) is 1. The molecular formula is C55H76N10O8SSi2. The highest BCUT2D eigenvalue weighted by Gasteiger charge is 2.78. The number of anilines is 1. The van der Waals surface area contributed by atoms with Crippen LogP contribution in [0.1, 0.15) is 80.3 Å². The van der Waals surface area contributed by atoms with E-state index in [0.717, 1.165) is 50.4 Å². The number of methoxy groups -OCH3 is 2. The molecule has 18 nitrogen and oxygen atoms in total. The topological polar surface area (TPSA) is 235 Å². The SMILES string of the molecule is CC[C@]1(O)C[C@H]2C[C@](C(=O)OC)(c3cc4c(cc3OC)N(C)[C@H]3[C@@](O)(C(=O)NCCC[Si](C)(C)O[Si](C)(C)CSc5ncc(CN=[N+]=[N-])cn5)[C@H](O)[C@]5(CC)C=CCN6CC[C@]43[C@@H]65)c3[nH]c4ccccc4c3CCN2C1. The van der Waals surface area contributed by atoms with Gasteiger partial charge in [-0.2, -0.15) is 0 Å². The summed E-state index contributed by atoms with van der Waals surface area (Å²) in [5, 5.41) is 47.9. The van der Waals surface area contributed by atoms with Gasteiger partial charge in [0.25, 0.3) is 5.91 Å². The van der Waals surface area contributed by atoms with Crippen molar-refractivity contribution in [1.29, 1.82) is 0 Å². The zero-order valence-corrected chi connectivity index (χ0v) is 48.4. The Morgan fingerprint density at radius 3 is 2.49 bits per heavy atom. The number of amides is 1. The Morgan fingerprint density at radius 2 is 1.78 bits per heavy atom. The number of carbonyl (C=O) groups is 2. The van der Waals surface area contributed by atoms with Crippen LogP contribution in [0.25, 0.3) is 21.3 Å². The molecular weight excluding hydrogens is 1020 g/mol. The van der Waals surface area contributed by atoms with Crippen LogP contribution in [-0.4, -0.2) is 163 Å². The van der Waals surface area contributed by atoms with E-state index in [0.29, 0.717) is 87.6 Å². The third-order valence-electron chi connectivity index (χ3n) is 18.4. The quantitative estimate of drug-likeness (QED) is 0.00837. The van der Waals surface area contributed by atoms with Gasteiger partial charge in [0, 0.05) is 113 Å². The first-order chi connectivity index (χ1) is 36.2. The summed E-state index contributed by atoms with van der Waals surface area (Å²) in [4.78, 5) is 53.1. The van der Waals surface area contributed by atoms with E-state index in [1.54, 1.807) is 31.3 Å². The normalized spacial score (nSPS) is 30.9. The first-order valence-electron chi connectivity index (χ1n) is 27.1. The average molecular weight is 1090 g/mol. The van der Waals surface area contributed by atoms with Gasteiger partial charge < -0.3 is 44.1 Å². The Balaban J connectivity index is 1.00. The van der Waals surface area contributed by atoms with Crippen molar-refractivity contribution < 1.29 is 38.5 Å². The molecule has 76 heavy (non-hydrogen) atoms. The molecule has 5 N–H and O–H groups in total. The molecule has 1 saturated carbocycles. The molecule has 4 aromatic rings. The Hall–Kier alpha value is -4.81. The first kappa shape index (κ1) is 54.5. The fourth-order valence-corrected chi connectivity index (χ4v) is 25.6. The number of fused-ring (bicyclic) bond motifs is 5. The minimum absolute atomic E-state index is 0.179. The third-order valence-corrected chi connectivity index (χ3v) is 28.2. The van der Waals surface area contributed by atoms with Crippen LogP contribution in [0.5, 0.6) is 5.75 Å². The third kappa shape index (κ3) is 8.62. The fraction of sp³-hybridized carbons (Fsp3) is 0.600. The number of aromatic amines is 1. The second-order valence-electron chi connectivity index (χ2n) is 23.7. The number of para-hydroxylation sites is 1. The van der Waals surface area contributed by atoms with Crippen molar-refractivity contribution in [2.75, 3.05) is 64.3 Å². The smallest absolute Gasteiger partial charge is 0.322 e. The summed E-state index contributed by atoms with van der Waals surface area (Å²) in [6.07, 6.45) is 9.71.